The number of nitrogens with zero attached hydrogens (tertiary/aromatic N) is 2. The van der Waals surface area contributed by atoms with Gasteiger partial charge in [-0.25, -0.2) is 4.39 Å². The van der Waals surface area contributed by atoms with Crippen LogP contribution in [-0.4, -0.2) is 34.1 Å². The van der Waals surface area contributed by atoms with Crippen molar-refractivity contribution in [2.24, 2.45) is 29.6 Å². The summed E-state index contributed by atoms with van der Waals surface area (Å²) in [5.41, 5.74) is 2.35. The highest BCUT2D eigenvalue weighted by atomic mass is 19.1. The average molecular weight is 519 g/mol. The molecule has 4 aliphatic carbocycles. The molecule has 6 rings (SSSR count). The maximum Gasteiger partial charge on any atom is 0.109 e. The molecule has 0 saturated carbocycles. The molecule has 0 radical (unpaired) electrons. The first-order chi connectivity index (χ1) is 19.2. The summed E-state index contributed by atoms with van der Waals surface area (Å²) in [6.07, 6.45) is 47.9. The van der Waals surface area contributed by atoms with Gasteiger partial charge in [0.15, 0.2) is 0 Å². The Morgan fingerprint density at radius 3 is 2.51 bits per heavy atom. The van der Waals surface area contributed by atoms with Gasteiger partial charge in [0.1, 0.15) is 6.17 Å². The third-order valence-electron chi connectivity index (χ3n) is 9.45. The van der Waals surface area contributed by atoms with Gasteiger partial charge in [0.2, 0.25) is 0 Å². The largest absolute Gasteiger partial charge is 0.360 e. The minimum atomic E-state index is -0.911. The zero-order valence-corrected chi connectivity index (χ0v) is 22.8. The van der Waals surface area contributed by atoms with Crippen LogP contribution in [0.4, 0.5) is 4.39 Å². The van der Waals surface area contributed by atoms with Gasteiger partial charge in [0, 0.05) is 47.5 Å². The van der Waals surface area contributed by atoms with Crippen molar-refractivity contribution >= 4 is 0 Å². The number of likely N-dealkylation sites (tertiary alicyclic amines) is 1. The number of hydrogen-bond acceptors (Lipinski definition) is 2. The number of fused-ring (bicyclic) bond motifs is 4. The molecular formula is C36H39FN2. The minimum Gasteiger partial charge on any atom is -0.360 e. The number of rotatable bonds is 4. The topological polar surface area (TPSA) is 6.48 Å². The number of alkyl halides is 1. The van der Waals surface area contributed by atoms with Crippen molar-refractivity contribution in [3.8, 4) is 12.3 Å². The summed E-state index contributed by atoms with van der Waals surface area (Å²) in [6.45, 7) is 2.04. The summed E-state index contributed by atoms with van der Waals surface area (Å²) in [5.74, 6) is 3.79. The summed E-state index contributed by atoms with van der Waals surface area (Å²) in [5, 5.41) is 0. The Bertz CT molecular complexity index is 1280. The predicted octanol–water partition coefficient (Wildman–Crippen LogP) is 7.59. The third-order valence-corrected chi connectivity index (χ3v) is 9.45. The van der Waals surface area contributed by atoms with Crippen molar-refractivity contribution in [2.45, 2.75) is 56.9 Å². The van der Waals surface area contributed by atoms with E-state index in [2.05, 4.69) is 113 Å². The van der Waals surface area contributed by atoms with Gasteiger partial charge >= 0.3 is 0 Å². The van der Waals surface area contributed by atoms with Gasteiger partial charge < -0.3 is 9.80 Å². The highest BCUT2D eigenvalue weighted by Gasteiger charge is 2.52. The molecule has 39 heavy (non-hydrogen) atoms. The predicted molar refractivity (Wildman–Crippen MR) is 160 cm³/mol. The van der Waals surface area contributed by atoms with Crippen LogP contribution in [-0.2, 0) is 0 Å². The molecule has 8 unspecified atom stereocenters. The molecule has 3 heteroatoms. The Morgan fingerprint density at radius 1 is 0.949 bits per heavy atom. The summed E-state index contributed by atoms with van der Waals surface area (Å²) < 4.78 is 16.4. The SMILES string of the molecule is C#C/C=C(\C=C/C)N1C2C(C=CCC2C2/C=C\N(C3=CC=CCC3)C3C=CC=CC3C(F)C2)C2C=CC=C[C@@H]21. The van der Waals surface area contributed by atoms with Gasteiger partial charge in [-0.3, -0.25) is 0 Å². The van der Waals surface area contributed by atoms with Crippen LogP contribution >= 0.6 is 0 Å². The van der Waals surface area contributed by atoms with Gasteiger partial charge in [-0.1, -0.05) is 91.0 Å². The molecule has 9 atom stereocenters. The maximum atomic E-state index is 16.4. The number of terminal acetylenes is 1. The van der Waals surface area contributed by atoms with Crippen LogP contribution in [0.25, 0.3) is 0 Å². The quantitative estimate of drug-likeness (QED) is 0.215. The normalized spacial score (nSPS) is 39.6. The first-order valence-corrected chi connectivity index (χ1v) is 14.6. The standard InChI is InChI=1S/C36H39FN2/c1-3-13-28(14-4-2)39-35-22-11-8-17-30(35)31-20-12-19-29(36(31)39)26-23-24-38(27-15-6-5-7-16-27)34-21-10-9-18-32(34)33(37)25-26/h1,4-6,8-15,17-18,20-24,26,29-36H,7,16,19,25H2,2H3/b14-4-,24-23-,28-13+/t26?,29?,30?,31?,32?,33?,34?,35-,36?/m0/s1. The molecule has 0 bridgehead atoms. The fraction of sp³-hybridized carbons (Fsp3) is 0.389. The molecule has 2 nitrogen and oxygen atoms in total. The molecule has 1 fully saturated rings. The number of halogens is 1. The second-order valence-corrected chi connectivity index (χ2v) is 11.5. The first-order valence-electron chi connectivity index (χ1n) is 14.6. The van der Waals surface area contributed by atoms with Crippen LogP contribution in [0.5, 0.6) is 0 Å². The molecule has 0 spiro atoms. The molecule has 2 aliphatic heterocycles. The van der Waals surface area contributed by atoms with Crippen LogP contribution < -0.4 is 0 Å². The number of hydrogen-bond donors (Lipinski definition) is 0. The van der Waals surface area contributed by atoms with Crippen LogP contribution in [0, 0.1) is 41.9 Å². The lowest BCUT2D eigenvalue weighted by Gasteiger charge is -2.45. The van der Waals surface area contributed by atoms with Crippen molar-refractivity contribution in [2.75, 3.05) is 0 Å². The Morgan fingerprint density at radius 2 is 1.74 bits per heavy atom. The molecule has 2 heterocycles. The van der Waals surface area contributed by atoms with Crippen LogP contribution in [0.1, 0.15) is 32.6 Å². The van der Waals surface area contributed by atoms with E-state index < -0.39 is 6.17 Å². The smallest absolute Gasteiger partial charge is 0.109 e. The Hall–Kier alpha value is -3.51. The van der Waals surface area contributed by atoms with Crippen molar-refractivity contribution in [3.63, 3.8) is 0 Å². The van der Waals surface area contributed by atoms with E-state index >= 15 is 4.39 Å². The van der Waals surface area contributed by atoms with Crippen LogP contribution in [0.2, 0.25) is 0 Å². The fourth-order valence-corrected chi connectivity index (χ4v) is 7.80. The van der Waals surface area contributed by atoms with Crippen molar-refractivity contribution < 1.29 is 4.39 Å². The van der Waals surface area contributed by atoms with Gasteiger partial charge in [-0.05, 0) is 56.6 Å². The van der Waals surface area contributed by atoms with E-state index in [0.29, 0.717) is 18.3 Å². The van der Waals surface area contributed by atoms with Crippen LogP contribution in [0.15, 0.2) is 121 Å². The lowest BCUT2D eigenvalue weighted by atomic mass is 9.69. The summed E-state index contributed by atoms with van der Waals surface area (Å²) in [4.78, 5) is 4.91. The van der Waals surface area contributed by atoms with Crippen molar-refractivity contribution in [1.29, 1.82) is 0 Å². The zero-order valence-electron chi connectivity index (χ0n) is 22.8. The Balaban J connectivity index is 1.40. The Labute approximate surface area is 233 Å². The maximum absolute atomic E-state index is 16.4. The van der Waals surface area contributed by atoms with E-state index in [-0.39, 0.29) is 35.9 Å². The summed E-state index contributed by atoms with van der Waals surface area (Å²) in [6, 6.07) is 0.508. The van der Waals surface area contributed by atoms with Crippen molar-refractivity contribution in [1.82, 2.24) is 9.80 Å². The molecule has 0 aromatic carbocycles. The van der Waals surface area contributed by atoms with E-state index in [4.69, 9.17) is 6.42 Å². The van der Waals surface area contributed by atoms with E-state index in [0.717, 1.165) is 25.0 Å². The van der Waals surface area contributed by atoms with Crippen LogP contribution in [0.3, 0.4) is 0 Å². The third kappa shape index (κ3) is 4.76. The van der Waals surface area contributed by atoms with Gasteiger partial charge in [-0.15, -0.1) is 6.42 Å². The van der Waals surface area contributed by atoms with Crippen molar-refractivity contribution in [3.05, 3.63) is 121 Å². The molecule has 0 aromatic rings. The fourth-order valence-electron chi connectivity index (χ4n) is 7.80. The number of allylic oxidation sites excluding steroid dienone is 13. The minimum absolute atomic E-state index is 0.0138. The second-order valence-electron chi connectivity index (χ2n) is 11.5. The van der Waals surface area contributed by atoms with E-state index in [1.165, 1.54) is 5.70 Å². The first kappa shape index (κ1) is 25.8. The highest BCUT2D eigenvalue weighted by molar-refractivity contribution is 5.36. The molecule has 6 aliphatic rings. The molecule has 0 N–H and O–H groups in total. The highest BCUT2D eigenvalue weighted by Crippen LogP contribution is 2.50. The van der Waals surface area contributed by atoms with E-state index in [1.54, 1.807) is 0 Å². The molecule has 0 aromatic heterocycles. The van der Waals surface area contributed by atoms with Gasteiger partial charge in [-0.2, -0.15) is 0 Å². The van der Waals surface area contributed by atoms with E-state index in [9.17, 15) is 0 Å². The molecular weight excluding hydrogens is 479 g/mol. The average Bonchev–Trinajstić information content (AvgIpc) is 3.31. The lowest BCUT2D eigenvalue weighted by Crippen LogP contribution is -2.47. The van der Waals surface area contributed by atoms with E-state index in [1.807, 2.05) is 19.1 Å². The lowest BCUT2D eigenvalue weighted by molar-refractivity contribution is 0.108. The second kappa shape index (κ2) is 11.3. The molecule has 200 valence electrons. The summed E-state index contributed by atoms with van der Waals surface area (Å²) >= 11 is 0. The van der Waals surface area contributed by atoms with Gasteiger partial charge in [0.25, 0.3) is 0 Å². The molecule has 0 amide bonds. The molecule has 1 saturated heterocycles. The monoisotopic (exact) mass is 518 g/mol. The van der Waals surface area contributed by atoms with Gasteiger partial charge in [0.05, 0.1) is 12.1 Å². The summed E-state index contributed by atoms with van der Waals surface area (Å²) in [7, 11) is 0. The zero-order chi connectivity index (χ0) is 26.8. The Kier molecular flexibility index (Phi) is 7.47.